The second kappa shape index (κ2) is 7.63. The molecule has 0 spiro atoms. The van der Waals surface area contributed by atoms with Gasteiger partial charge in [0.2, 0.25) is 0 Å². The minimum absolute atomic E-state index is 0.0908. The number of carbonyl (C=O) groups is 2. The van der Waals surface area contributed by atoms with E-state index in [1.165, 1.54) is 4.90 Å². The molecule has 3 aromatic rings. The normalized spacial score (nSPS) is 15.7. The topological polar surface area (TPSA) is 92.6 Å². The number of benzene rings is 1. The largest absolute Gasteiger partial charge is 0.481 e. The first-order valence-electron chi connectivity index (χ1n) is 9.17. The molecule has 0 bridgehead atoms. The van der Waals surface area contributed by atoms with E-state index in [-0.39, 0.29) is 18.9 Å². The summed E-state index contributed by atoms with van der Waals surface area (Å²) in [4.78, 5) is 35.2. The number of ether oxygens (including phenoxy) is 1. The maximum atomic E-state index is 12.6. The van der Waals surface area contributed by atoms with E-state index >= 15 is 0 Å². The average Bonchev–Trinajstić information content (AvgIpc) is 3.10. The van der Waals surface area contributed by atoms with Crippen molar-refractivity contribution in [1.29, 1.82) is 0 Å². The lowest BCUT2D eigenvalue weighted by atomic mass is 10.1. The Labute approximate surface area is 171 Å². The number of aliphatic carboxylic acids is 1. The molecular weight excluding hydrogens is 390 g/mol. The number of pyridine rings is 1. The molecule has 7 nitrogen and oxygen atoms in total. The monoisotopic (exact) mass is 409 g/mol. The van der Waals surface area contributed by atoms with Crippen molar-refractivity contribution in [1.82, 2.24) is 9.97 Å². The van der Waals surface area contributed by atoms with Gasteiger partial charge >= 0.3 is 5.97 Å². The molecule has 1 amide bonds. The Bertz CT molecular complexity index is 1080. The van der Waals surface area contributed by atoms with Crippen molar-refractivity contribution in [3.05, 3.63) is 47.5 Å². The van der Waals surface area contributed by atoms with Crippen molar-refractivity contribution in [3.8, 4) is 27.7 Å². The van der Waals surface area contributed by atoms with Crippen LogP contribution in [0.25, 0.3) is 22.0 Å². The van der Waals surface area contributed by atoms with Crippen molar-refractivity contribution in [2.45, 2.75) is 26.4 Å². The molecule has 1 N–H and O–H groups in total. The Morgan fingerprint density at radius 1 is 1.31 bits per heavy atom. The minimum Gasteiger partial charge on any atom is -0.481 e. The predicted octanol–water partition coefficient (Wildman–Crippen LogP) is 3.77. The molecule has 8 heteroatoms. The molecule has 29 heavy (non-hydrogen) atoms. The summed E-state index contributed by atoms with van der Waals surface area (Å²) in [7, 11) is 0. The Hall–Kier alpha value is -3.26. The van der Waals surface area contributed by atoms with Gasteiger partial charge in [-0.2, -0.15) is 0 Å². The number of carboxylic acid groups (broad SMARTS) is 1. The number of anilines is 1. The van der Waals surface area contributed by atoms with Crippen LogP contribution >= 0.6 is 11.3 Å². The van der Waals surface area contributed by atoms with Crippen molar-refractivity contribution in [2.75, 3.05) is 11.4 Å². The van der Waals surface area contributed by atoms with E-state index in [1.807, 2.05) is 37.3 Å². The lowest BCUT2D eigenvalue weighted by Gasteiger charge is -2.33. The van der Waals surface area contributed by atoms with E-state index in [0.717, 1.165) is 26.8 Å². The van der Waals surface area contributed by atoms with Gasteiger partial charge in [0.1, 0.15) is 10.8 Å². The predicted molar refractivity (Wildman–Crippen MR) is 110 cm³/mol. The molecule has 2 aromatic heterocycles. The molecule has 3 heterocycles. The molecule has 0 radical (unpaired) electrons. The average molecular weight is 409 g/mol. The van der Waals surface area contributed by atoms with Crippen LogP contribution in [0.4, 0.5) is 5.69 Å². The Morgan fingerprint density at radius 2 is 2.14 bits per heavy atom. The first-order chi connectivity index (χ1) is 13.9. The van der Waals surface area contributed by atoms with Crippen LogP contribution in [0, 0.1) is 6.92 Å². The van der Waals surface area contributed by atoms with Crippen LogP contribution in [-0.2, 0) is 9.59 Å². The fourth-order valence-corrected chi connectivity index (χ4v) is 4.17. The molecule has 1 aliphatic rings. The van der Waals surface area contributed by atoms with Crippen LogP contribution in [0.2, 0.25) is 0 Å². The SMILES string of the molecule is Cc1sc(-c2ccccn2)nc1-c1ccc2c(c1)N(CCC(=O)O)C(=O)C(C)O2. The van der Waals surface area contributed by atoms with Crippen molar-refractivity contribution in [2.24, 2.45) is 0 Å². The zero-order chi connectivity index (χ0) is 20.5. The maximum Gasteiger partial charge on any atom is 0.305 e. The van der Waals surface area contributed by atoms with Crippen LogP contribution in [0.5, 0.6) is 5.75 Å². The summed E-state index contributed by atoms with van der Waals surface area (Å²) >= 11 is 1.55. The van der Waals surface area contributed by atoms with E-state index < -0.39 is 12.1 Å². The molecular formula is C21H19N3O4S. The van der Waals surface area contributed by atoms with Crippen LogP contribution in [0.1, 0.15) is 18.2 Å². The van der Waals surface area contributed by atoms with Crippen LogP contribution in [0.3, 0.4) is 0 Å². The number of rotatable bonds is 5. The molecule has 4 rings (SSSR count). The standard InChI is InChI=1S/C21H19N3O4S/c1-12-21(27)24(10-8-18(25)26)16-11-14(6-7-17(16)28-12)19-13(2)29-20(23-19)15-5-3-4-9-22-15/h3-7,9,11-12H,8,10H2,1-2H3,(H,25,26). The number of aryl methyl sites for hydroxylation is 1. The Balaban J connectivity index is 1.73. The Morgan fingerprint density at radius 3 is 2.86 bits per heavy atom. The summed E-state index contributed by atoms with van der Waals surface area (Å²) in [6, 6.07) is 11.2. The summed E-state index contributed by atoms with van der Waals surface area (Å²) in [5.41, 5.74) is 3.02. The number of thiazole rings is 1. The molecule has 0 fully saturated rings. The van der Waals surface area contributed by atoms with E-state index in [2.05, 4.69) is 4.98 Å². The van der Waals surface area contributed by atoms with Gasteiger partial charge in [0.15, 0.2) is 6.10 Å². The van der Waals surface area contributed by atoms with E-state index in [9.17, 15) is 9.59 Å². The highest BCUT2D eigenvalue weighted by atomic mass is 32.1. The van der Waals surface area contributed by atoms with Gasteiger partial charge in [-0.25, -0.2) is 4.98 Å². The fourth-order valence-electron chi connectivity index (χ4n) is 3.26. The number of aromatic nitrogens is 2. The number of hydrogen-bond acceptors (Lipinski definition) is 6. The van der Waals surface area contributed by atoms with Crippen molar-refractivity contribution in [3.63, 3.8) is 0 Å². The Kier molecular flexibility index (Phi) is 5.02. The third kappa shape index (κ3) is 3.71. The molecule has 0 saturated heterocycles. The highest BCUT2D eigenvalue weighted by Gasteiger charge is 2.32. The van der Waals surface area contributed by atoms with Gasteiger partial charge in [-0.05, 0) is 44.2 Å². The smallest absolute Gasteiger partial charge is 0.305 e. The lowest BCUT2D eigenvalue weighted by Crippen LogP contribution is -2.45. The minimum atomic E-state index is -0.954. The van der Waals surface area contributed by atoms with Crippen LogP contribution in [-0.4, -0.2) is 39.6 Å². The van der Waals surface area contributed by atoms with Crippen LogP contribution in [0.15, 0.2) is 42.6 Å². The number of carboxylic acids is 1. The zero-order valence-electron chi connectivity index (χ0n) is 16.0. The number of hydrogen-bond donors (Lipinski definition) is 1. The van der Waals surface area contributed by atoms with Crippen LogP contribution < -0.4 is 9.64 Å². The summed E-state index contributed by atoms with van der Waals surface area (Å²) < 4.78 is 5.71. The molecule has 1 aliphatic heterocycles. The van der Waals surface area contributed by atoms with Gasteiger partial charge in [0.25, 0.3) is 5.91 Å². The van der Waals surface area contributed by atoms with Gasteiger partial charge in [-0.3, -0.25) is 14.6 Å². The van der Waals surface area contributed by atoms with Crippen molar-refractivity contribution >= 4 is 28.9 Å². The van der Waals surface area contributed by atoms with Gasteiger partial charge in [0, 0.05) is 23.2 Å². The van der Waals surface area contributed by atoms with E-state index in [0.29, 0.717) is 11.4 Å². The molecule has 148 valence electrons. The third-order valence-electron chi connectivity index (χ3n) is 4.67. The summed E-state index contributed by atoms with van der Waals surface area (Å²) in [6.45, 7) is 3.75. The molecule has 0 saturated carbocycles. The first-order valence-corrected chi connectivity index (χ1v) is 9.99. The maximum absolute atomic E-state index is 12.6. The van der Waals surface area contributed by atoms with E-state index in [4.69, 9.17) is 14.8 Å². The summed E-state index contributed by atoms with van der Waals surface area (Å²) in [5.74, 6) is -0.644. The molecule has 1 unspecified atom stereocenters. The van der Waals surface area contributed by atoms with Gasteiger partial charge in [-0.1, -0.05) is 6.07 Å². The summed E-state index contributed by atoms with van der Waals surface area (Å²) in [6.07, 6.45) is 0.940. The second-order valence-electron chi connectivity index (χ2n) is 6.71. The van der Waals surface area contributed by atoms with Crippen molar-refractivity contribution < 1.29 is 19.4 Å². The molecule has 1 aromatic carbocycles. The van der Waals surface area contributed by atoms with Gasteiger partial charge in [-0.15, -0.1) is 11.3 Å². The quantitative estimate of drug-likeness (QED) is 0.690. The highest BCUT2D eigenvalue weighted by molar-refractivity contribution is 7.15. The molecule has 1 atom stereocenters. The zero-order valence-corrected chi connectivity index (χ0v) is 16.8. The fraction of sp³-hybridized carbons (Fsp3) is 0.238. The highest BCUT2D eigenvalue weighted by Crippen LogP contribution is 2.40. The lowest BCUT2D eigenvalue weighted by molar-refractivity contribution is -0.136. The first kappa shape index (κ1) is 19.1. The number of fused-ring (bicyclic) bond motifs is 1. The third-order valence-corrected chi connectivity index (χ3v) is 5.66. The van der Waals surface area contributed by atoms with E-state index in [1.54, 1.807) is 30.5 Å². The second-order valence-corrected chi connectivity index (χ2v) is 7.92. The van der Waals surface area contributed by atoms with Gasteiger partial charge < -0.3 is 14.7 Å². The number of nitrogens with zero attached hydrogens (tertiary/aromatic N) is 3. The van der Waals surface area contributed by atoms with Gasteiger partial charge in [0.05, 0.1) is 23.5 Å². The number of amides is 1. The number of carbonyl (C=O) groups excluding carboxylic acids is 1. The summed E-state index contributed by atoms with van der Waals surface area (Å²) in [5, 5.41) is 9.86. The molecule has 0 aliphatic carbocycles.